The van der Waals surface area contributed by atoms with Gasteiger partial charge in [-0.2, -0.15) is 4.72 Å². The monoisotopic (exact) mass is 283 g/mol. The van der Waals surface area contributed by atoms with Crippen molar-refractivity contribution in [3.05, 3.63) is 60.4 Å². The van der Waals surface area contributed by atoms with Gasteiger partial charge in [-0.05, 0) is 25.1 Å². The van der Waals surface area contributed by atoms with Crippen molar-refractivity contribution in [2.75, 3.05) is 4.72 Å². The normalized spacial score (nSPS) is 12.3. The molecule has 1 aromatic carbocycles. The van der Waals surface area contributed by atoms with E-state index in [0.717, 1.165) is 22.3 Å². The summed E-state index contributed by atoms with van der Waals surface area (Å²) in [5.41, 5.74) is 2.38. The molecule has 0 saturated carbocycles. The van der Waals surface area contributed by atoms with Crippen molar-refractivity contribution >= 4 is 28.0 Å². The number of benzene rings is 1. The molecule has 2 aromatic heterocycles. The standard InChI is InChI=1S/C15H13N3OS/c1-11-5-2-9-14(17-11)20(19)18-13-8-3-6-12-7-4-10-16-15(12)13/h2-10,18H,1H3. The van der Waals surface area contributed by atoms with E-state index in [2.05, 4.69) is 14.7 Å². The highest BCUT2D eigenvalue weighted by atomic mass is 32.2. The summed E-state index contributed by atoms with van der Waals surface area (Å²) in [5.74, 6) is 0. The number of rotatable bonds is 3. The molecule has 3 aromatic rings. The maximum Gasteiger partial charge on any atom is 0.271 e. The minimum atomic E-state index is -1.40. The SMILES string of the molecule is Cc1cccc([S+]([O-])Nc2cccc3cccnc23)n1. The third-order valence-electron chi connectivity index (χ3n) is 2.89. The van der Waals surface area contributed by atoms with Crippen LogP contribution in [-0.2, 0) is 11.4 Å². The van der Waals surface area contributed by atoms with Crippen molar-refractivity contribution in [1.82, 2.24) is 9.97 Å². The first kappa shape index (κ1) is 12.9. The van der Waals surface area contributed by atoms with E-state index in [9.17, 15) is 4.55 Å². The topological polar surface area (TPSA) is 60.9 Å². The number of hydrogen-bond donors (Lipinski definition) is 1. The molecule has 0 amide bonds. The summed E-state index contributed by atoms with van der Waals surface area (Å²) < 4.78 is 15.3. The molecule has 2 heterocycles. The lowest BCUT2D eigenvalue weighted by Gasteiger charge is -2.12. The third kappa shape index (κ3) is 2.59. The first-order chi connectivity index (χ1) is 9.74. The van der Waals surface area contributed by atoms with Crippen LogP contribution in [0.2, 0.25) is 0 Å². The predicted molar refractivity (Wildman–Crippen MR) is 80.7 cm³/mol. The van der Waals surface area contributed by atoms with E-state index in [1.165, 1.54) is 0 Å². The summed E-state index contributed by atoms with van der Waals surface area (Å²) >= 11 is -1.40. The van der Waals surface area contributed by atoms with Crippen LogP contribution in [0.25, 0.3) is 10.9 Å². The second kappa shape index (κ2) is 5.48. The fraction of sp³-hybridized carbons (Fsp3) is 0.0667. The molecule has 1 unspecified atom stereocenters. The van der Waals surface area contributed by atoms with Gasteiger partial charge in [0.2, 0.25) is 0 Å². The smallest absolute Gasteiger partial charge is 0.271 e. The zero-order valence-corrected chi connectivity index (χ0v) is 11.7. The summed E-state index contributed by atoms with van der Waals surface area (Å²) in [7, 11) is 0. The zero-order valence-electron chi connectivity index (χ0n) is 10.9. The maximum absolute atomic E-state index is 12.3. The third-order valence-corrected chi connectivity index (χ3v) is 3.90. The van der Waals surface area contributed by atoms with Crippen molar-refractivity contribution in [1.29, 1.82) is 0 Å². The number of aromatic nitrogens is 2. The number of pyridine rings is 2. The predicted octanol–water partition coefficient (Wildman–Crippen LogP) is 3.07. The van der Waals surface area contributed by atoms with Crippen LogP contribution in [0, 0.1) is 6.92 Å². The van der Waals surface area contributed by atoms with Crippen molar-refractivity contribution < 1.29 is 4.55 Å². The first-order valence-corrected chi connectivity index (χ1v) is 7.35. The molecule has 0 aliphatic carbocycles. The Morgan fingerprint density at radius 2 is 1.85 bits per heavy atom. The van der Waals surface area contributed by atoms with E-state index in [-0.39, 0.29) is 0 Å². The van der Waals surface area contributed by atoms with Crippen molar-refractivity contribution in [2.24, 2.45) is 0 Å². The molecule has 0 fully saturated rings. The van der Waals surface area contributed by atoms with Crippen LogP contribution in [0.4, 0.5) is 5.69 Å². The molecular formula is C15H13N3OS. The summed E-state index contributed by atoms with van der Waals surface area (Å²) in [6, 6.07) is 15.1. The summed E-state index contributed by atoms with van der Waals surface area (Å²) in [6.45, 7) is 1.88. The highest BCUT2D eigenvalue weighted by Crippen LogP contribution is 2.23. The van der Waals surface area contributed by atoms with Gasteiger partial charge in [-0.25, -0.2) is 4.98 Å². The van der Waals surface area contributed by atoms with Crippen LogP contribution < -0.4 is 4.72 Å². The molecule has 5 heteroatoms. The second-order valence-electron chi connectivity index (χ2n) is 4.37. The van der Waals surface area contributed by atoms with E-state index < -0.39 is 11.4 Å². The average Bonchev–Trinajstić information content (AvgIpc) is 2.47. The van der Waals surface area contributed by atoms with Crippen molar-refractivity contribution in [3.63, 3.8) is 0 Å². The van der Waals surface area contributed by atoms with Gasteiger partial charge in [-0.1, -0.05) is 24.3 Å². The molecule has 0 spiro atoms. The van der Waals surface area contributed by atoms with Gasteiger partial charge in [0.05, 0.1) is 5.52 Å². The van der Waals surface area contributed by atoms with Gasteiger partial charge in [0.1, 0.15) is 17.0 Å². The van der Waals surface area contributed by atoms with Crippen LogP contribution in [0.3, 0.4) is 0 Å². The minimum Gasteiger partial charge on any atom is -0.587 e. The zero-order chi connectivity index (χ0) is 13.9. The quantitative estimate of drug-likeness (QED) is 0.750. The van der Waals surface area contributed by atoms with Crippen molar-refractivity contribution in [3.8, 4) is 0 Å². The second-order valence-corrected chi connectivity index (χ2v) is 5.53. The van der Waals surface area contributed by atoms with Crippen LogP contribution in [0.5, 0.6) is 0 Å². The number of anilines is 1. The number of aryl methyl sites for hydroxylation is 1. The van der Waals surface area contributed by atoms with Crippen LogP contribution >= 0.6 is 0 Å². The first-order valence-electron chi connectivity index (χ1n) is 6.20. The Morgan fingerprint density at radius 1 is 1.05 bits per heavy atom. The van der Waals surface area contributed by atoms with Gasteiger partial charge in [-0.15, -0.1) is 0 Å². The van der Waals surface area contributed by atoms with Gasteiger partial charge < -0.3 is 4.55 Å². The molecule has 1 atom stereocenters. The number of nitrogens with zero attached hydrogens (tertiary/aromatic N) is 2. The van der Waals surface area contributed by atoms with Crippen LogP contribution in [0.1, 0.15) is 5.69 Å². The van der Waals surface area contributed by atoms with Gasteiger partial charge in [0, 0.05) is 23.3 Å². The Balaban J connectivity index is 1.93. The van der Waals surface area contributed by atoms with Crippen LogP contribution in [0.15, 0.2) is 59.8 Å². The Bertz CT molecular complexity index is 743. The average molecular weight is 283 g/mol. The Labute approximate surface area is 120 Å². The highest BCUT2D eigenvalue weighted by molar-refractivity contribution is 7.92. The van der Waals surface area contributed by atoms with Gasteiger partial charge in [0.15, 0.2) is 0 Å². The lowest BCUT2D eigenvalue weighted by Crippen LogP contribution is -2.15. The number of para-hydroxylation sites is 1. The summed E-state index contributed by atoms with van der Waals surface area (Å²) in [5, 5.41) is 1.52. The fourth-order valence-electron chi connectivity index (χ4n) is 1.96. The molecule has 0 aliphatic heterocycles. The molecule has 20 heavy (non-hydrogen) atoms. The summed E-state index contributed by atoms with van der Waals surface area (Å²) in [4.78, 5) is 8.59. The van der Waals surface area contributed by atoms with Gasteiger partial charge >= 0.3 is 0 Å². The van der Waals surface area contributed by atoms with Gasteiger partial charge in [0.25, 0.3) is 5.03 Å². The number of nitrogens with one attached hydrogen (secondary N) is 1. The Kier molecular flexibility index (Phi) is 3.54. The molecule has 4 nitrogen and oxygen atoms in total. The molecule has 0 saturated heterocycles. The largest absolute Gasteiger partial charge is 0.587 e. The van der Waals surface area contributed by atoms with E-state index in [4.69, 9.17) is 0 Å². The fourth-order valence-corrected chi connectivity index (χ4v) is 2.86. The van der Waals surface area contributed by atoms with E-state index >= 15 is 0 Å². The van der Waals surface area contributed by atoms with E-state index in [1.54, 1.807) is 12.3 Å². The maximum atomic E-state index is 12.3. The molecule has 3 rings (SSSR count). The minimum absolute atomic E-state index is 0.512. The molecule has 0 bridgehead atoms. The summed E-state index contributed by atoms with van der Waals surface area (Å²) in [6.07, 6.45) is 1.72. The van der Waals surface area contributed by atoms with Gasteiger partial charge in [-0.3, -0.25) is 4.98 Å². The number of fused-ring (bicyclic) bond motifs is 1. The molecule has 0 radical (unpaired) electrons. The molecular weight excluding hydrogens is 270 g/mol. The van der Waals surface area contributed by atoms with Crippen LogP contribution in [-0.4, -0.2) is 14.5 Å². The Hall–Kier alpha value is -2.11. The van der Waals surface area contributed by atoms with Crippen molar-refractivity contribution in [2.45, 2.75) is 11.9 Å². The molecule has 1 N–H and O–H groups in total. The van der Waals surface area contributed by atoms with E-state index in [1.807, 2.05) is 49.4 Å². The Morgan fingerprint density at radius 3 is 2.70 bits per heavy atom. The lowest BCUT2D eigenvalue weighted by atomic mass is 10.2. The lowest BCUT2D eigenvalue weighted by molar-refractivity contribution is 0.596. The molecule has 0 aliphatic rings. The number of hydrogen-bond acceptors (Lipinski definition) is 4. The van der Waals surface area contributed by atoms with E-state index in [0.29, 0.717) is 5.03 Å². The highest BCUT2D eigenvalue weighted by Gasteiger charge is 2.15. The molecule has 100 valence electrons.